The highest BCUT2D eigenvalue weighted by molar-refractivity contribution is 7.92. The monoisotopic (exact) mass is 440 g/mol. The number of aryl methyl sites for hydroxylation is 1. The molecule has 0 aliphatic rings. The summed E-state index contributed by atoms with van der Waals surface area (Å²) in [7, 11) is -5.91. The van der Waals surface area contributed by atoms with Crippen molar-refractivity contribution in [3.63, 3.8) is 0 Å². The van der Waals surface area contributed by atoms with Gasteiger partial charge in [0.25, 0.3) is 15.9 Å². The highest BCUT2D eigenvalue weighted by Gasteiger charge is 2.22. The van der Waals surface area contributed by atoms with Crippen molar-refractivity contribution in [3.8, 4) is 5.75 Å². The number of nitrogens with one attached hydrogen (secondary N) is 2. The second kappa shape index (κ2) is 9.27. The van der Waals surface area contributed by atoms with Gasteiger partial charge in [0.2, 0.25) is 0 Å². The van der Waals surface area contributed by atoms with E-state index in [0.29, 0.717) is 5.69 Å². The summed E-state index contributed by atoms with van der Waals surface area (Å²) < 4.78 is 56.3. The number of carbonyl (C=O) groups excluding carboxylic acids is 1. The SMILES string of the molecule is CCS(=O)(=O)CCNC(=O)c1ccc(OC)c(S(=O)(=O)Nc2ccc(C)cc2)c1. The van der Waals surface area contributed by atoms with Crippen LogP contribution in [-0.2, 0) is 19.9 Å². The van der Waals surface area contributed by atoms with Gasteiger partial charge in [-0.1, -0.05) is 24.6 Å². The summed E-state index contributed by atoms with van der Waals surface area (Å²) in [5.74, 6) is -0.704. The predicted octanol–water partition coefficient (Wildman–Crippen LogP) is 1.97. The summed E-state index contributed by atoms with van der Waals surface area (Å²) in [5.41, 5.74) is 1.43. The Morgan fingerprint density at radius 3 is 2.28 bits per heavy atom. The molecule has 2 aromatic carbocycles. The van der Waals surface area contributed by atoms with E-state index in [1.807, 2.05) is 6.92 Å². The second-order valence-corrected chi connectivity index (χ2v) is 10.5. The van der Waals surface area contributed by atoms with Crippen LogP contribution in [0, 0.1) is 6.92 Å². The van der Waals surface area contributed by atoms with Crippen molar-refractivity contribution in [2.75, 3.05) is 29.9 Å². The third-order valence-corrected chi connectivity index (χ3v) is 7.27. The first-order valence-corrected chi connectivity index (χ1v) is 12.1. The van der Waals surface area contributed by atoms with E-state index in [1.165, 1.54) is 32.2 Å². The summed E-state index contributed by atoms with van der Waals surface area (Å²) in [6.07, 6.45) is 0. The maximum atomic E-state index is 12.8. The quantitative estimate of drug-likeness (QED) is 0.615. The molecule has 0 aromatic heterocycles. The molecule has 158 valence electrons. The molecule has 2 rings (SSSR count). The van der Waals surface area contributed by atoms with E-state index < -0.39 is 25.8 Å². The summed E-state index contributed by atoms with van der Waals surface area (Å²) in [4.78, 5) is 12.1. The minimum Gasteiger partial charge on any atom is -0.495 e. The van der Waals surface area contributed by atoms with Crippen molar-refractivity contribution in [1.82, 2.24) is 5.32 Å². The number of hydrogen-bond donors (Lipinski definition) is 2. The van der Waals surface area contributed by atoms with Gasteiger partial charge in [-0.2, -0.15) is 0 Å². The Balaban J connectivity index is 2.25. The fourth-order valence-electron chi connectivity index (χ4n) is 2.43. The van der Waals surface area contributed by atoms with Crippen LogP contribution < -0.4 is 14.8 Å². The Bertz CT molecular complexity index is 1080. The maximum Gasteiger partial charge on any atom is 0.265 e. The number of carbonyl (C=O) groups is 1. The number of sulfone groups is 1. The second-order valence-electron chi connectivity index (χ2n) is 6.33. The molecule has 0 fully saturated rings. The molecule has 0 saturated carbocycles. The molecule has 10 heteroatoms. The largest absolute Gasteiger partial charge is 0.495 e. The highest BCUT2D eigenvalue weighted by atomic mass is 32.2. The highest BCUT2D eigenvalue weighted by Crippen LogP contribution is 2.27. The number of anilines is 1. The fraction of sp³-hybridized carbons (Fsp3) is 0.316. The van der Waals surface area contributed by atoms with Crippen LogP contribution in [0.1, 0.15) is 22.8 Å². The number of amides is 1. The van der Waals surface area contributed by atoms with Gasteiger partial charge in [-0.25, -0.2) is 16.8 Å². The van der Waals surface area contributed by atoms with Crippen LogP contribution in [0.2, 0.25) is 0 Å². The van der Waals surface area contributed by atoms with Crippen molar-refractivity contribution in [2.45, 2.75) is 18.7 Å². The van der Waals surface area contributed by atoms with Crippen molar-refractivity contribution in [2.24, 2.45) is 0 Å². The van der Waals surface area contributed by atoms with E-state index in [4.69, 9.17) is 4.74 Å². The van der Waals surface area contributed by atoms with Crippen LogP contribution in [0.5, 0.6) is 5.75 Å². The topological polar surface area (TPSA) is 119 Å². The van der Waals surface area contributed by atoms with E-state index in [9.17, 15) is 21.6 Å². The number of ether oxygens (including phenoxy) is 1. The fourth-order valence-corrected chi connectivity index (χ4v) is 4.38. The van der Waals surface area contributed by atoms with Crippen LogP contribution in [0.4, 0.5) is 5.69 Å². The maximum absolute atomic E-state index is 12.8. The first kappa shape index (κ1) is 22.7. The molecular weight excluding hydrogens is 416 g/mol. The molecule has 0 radical (unpaired) electrons. The van der Waals surface area contributed by atoms with Crippen LogP contribution in [0.25, 0.3) is 0 Å². The third kappa shape index (κ3) is 6.20. The van der Waals surface area contributed by atoms with Gasteiger partial charge in [0.1, 0.15) is 10.6 Å². The Labute approximate surface area is 171 Å². The number of sulfonamides is 1. The number of hydrogen-bond acceptors (Lipinski definition) is 6. The summed E-state index contributed by atoms with van der Waals surface area (Å²) in [5, 5.41) is 2.49. The zero-order valence-electron chi connectivity index (χ0n) is 16.4. The molecule has 0 aliphatic carbocycles. The van der Waals surface area contributed by atoms with Gasteiger partial charge in [0, 0.05) is 23.5 Å². The average Bonchev–Trinajstić information content (AvgIpc) is 2.69. The van der Waals surface area contributed by atoms with Gasteiger partial charge < -0.3 is 10.1 Å². The lowest BCUT2D eigenvalue weighted by Gasteiger charge is -2.13. The van der Waals surface area contributed by atoms with Gasteiger partial charge in [-0.15, -0.1) is 0 Å². The van der Waals surface area contributed by atoms with E-state index in [0.717, 1.165) is 5.56 Å². The molecule has 2 aromatic rings. The summed E-state index contributed by atoms with van der Waals surface area (Å²) >= 11 is 0. The van der Waals surface area contributed by atoms with Crippen LogP contribution in [0.15, 0.2) is 47.4 Å². The van der Waals surface area contributed by atoms with Crippen molar-refractivity contribution in [1.29, 1.82) is 0 Å². The Hall–Kier alpha value is -2.59. The minimum atomic E-state index is -4.02. The zero-order chi connectivity index (χ0) is 21.7. The smallest absolute Gasteiger partial charge is 0.265 e. The zero-order valence-corrected chi connectivity index (χ0v) is 18.1. The summed E-state index contributed by atoms with van der Waals surface area (Å²) in [6, 6.07) is 10.8. The molecule has 0 saturated heterocycles. The van der Waals surface area contributed by atoms with Crippen molar-refractivity contribution >= 4 is 31.5 Å². The molecule has 0 unspecified atom stereocenters. The van der Waals surface area contributed by atoms with E-state index in [2.05, 4.69) is 10.0 Å². The summed E-state index contributed by atoms with van der Waals surface area (Å²) in [6.45, 7) is 3.35. The van der Waals surface area contributed by atoms with E-state index in [1.54, 1.807) is 24.3 Å². The number of benzene rings is 2. The Morgan fingerprint density at radius 2 is 1.69 bits per heavy atom. The normalized spacial score (nSPS) is 11.7. The molecule has 2 N–H and O–H groups in total. The van der Waals surface area contributed by atoms with E-state index in [-0.39, 0.29) is 34.3 Å². The molecule has 0 heterocycles. The van der Waals surface area contributed by atoms with Gasteiger partial charge in [-0.05, 0) is 37.3 Å². The third-order valence-electron chi connectivity index (χ3n) is 4.16. The lowest BCUT2D eigenvalue weighted by atomic mass is 10.2. The molecular formula is C19H24N2O6S2. The molecule has 0 atom stereocenters. The molecule has 1 amide bonds. The van der Waals surface area contributed by atoms with Crippen LogP contribution >= 0.6 is 0 Å². The predicted molar refractivity (Wildman–Crippen MR) is 112 cm³/mol. The molecule has 8 nitrogen and oxygen atoms in total. The number of methoxy groups -OCH3 is 1. The molecule has 0 aliphatic heterocycles. The standard InChI is InChI=1S/C19H24N2O6S2/c1-4-28(23,24)12-11-20-19(22)15-7-10-17(27-3)18(13-15)29(25,26)21-16-8-5-14(2)6-9-16/h5-10,13,21H,4,11-12H2,1-3H3,(H,20,22). The molecule has 29 heavy (non-hydrogen) atoms. The van der Waals surface area contributed by atoms with Crippen LogP contribution in [0.3, 0.4) is 0 Å². The molecule has 0 spiro atoms. The minimum absolute atomic E-state index is 0.0154. The first-order chi connectivity index (χ1) is 13.6. The van der Waals surface area contributed by atoms with Crippen molar-refractivity contribution < 1.29 is 26.4 Å². The van der Waals surface area contributed by atoms with E-state index >= 15 is 0 Å². The average molecular weight is 441 g/mol. The first-order valence-electron chi connectivity index (χ1n) is 8.84. The number of rotatable bonds is 9. The molecule has 0 bridgehead atoms. The Morgan fingerprint density at radius 1 is 1.03 bits per heavy atom. The van der Waals surface area contributed by atoms with Gasteiger partial charge in [0.05, 0.1) is 12.9 Å². The Kier molecular flexibility index (Phi) is 7.26. The van der Waals surface area contributed by atoms with Gasteiger partial charge >= 0.3 is 0 Å². The lowest BCUT2D eigenvalue weighted by Crippen LogP contribution is -2.29. The van der Waals surface area contributed by atoms with Gasteiger partial charge in [0.15, 0.2) is 9.84 Å². The van der Waals surface area contributed by atoms with Crippen molar-refractivity contribution in [3.05, 3.63) is 53.6 Å². The van der Waals surface area contributed by atoms with Gasteiger partial charge in [-0.3, -0.25) is 9.52 Å². The van der Waals surface area contributed by atoms with Crippen LogP contribution in [-0.4, -0.2) is 47.9 Å². The lowest BCUT2D eigenvalue weighted by molar-refractivity contribution is 0.0956.